The molecule has 1 aromatic heterocycles. The van der Waals surface area contributed by atoms with Gasteiger partial charge < -0.3 is 24.8 Å². The van der Waals surface area contributed by atoms with Crippen LogP contribution in [0.3, 0.4) is 0 Å². The van der Waals surface area contributed by atoms with Crippen LogP contribution in [0.5, 0.6) is 5.75 Å². The number of hydrogen-bond acceptors (Lipinski definition) is 7. The van der Waals surface area contributed by atoms with E-state index in [4.69, 9.17) is 19.5 Å². The number of rotatable bonds is 7. The summed E-state index contributed by atoms with van der Waals surface area (Å²) in [5.74, 6) is 0.0308. The van der Waals surface area contributed by atoms with E-state index in [9.17, 15) is 4.79 Å². The number of pyridine rings is 1. The summed E-state index contributed by atoms with van der Waals surface area (Å²) < 4.78 is 17.1. The van der Waals surface area contributed by atoms with E-state index in [0.717, 1.165) is 47.7 Å². The van der Waals surface area contributed by atoms with Crippen molar-refractivity contribution in [3.63, 3.8) is 0 Å². The minimum atomic E-state index is -0.451. The number of hydrogen-bond donors (Lipinski definition) is 2. The molecule has 0 unspecified atom stereocenters. The molecular weight excluding hydrogens is 468 g/mol. The molecule has 1 spiro atoms. The van der Waals surface area contributed by atoms with Gasteiger partial charge in [-0.3, -0.25) is 4.79 Å². The lowest BCUT2D eigenvalue weighted by molar-refractivity contribution is -0.179. The summed E-state index contributed by atoms with van der Waals surface area (Å²) >= 11 is 0. The topological polar surface area (TPSA) is 106 Å². The normalized spacial score (nSPS) is 16.9. The van der Waals surface area contributed by atoms with E-state index in [1.165, 1.54) is 0 Å². The second kappa shape index (κ2) is 10.6. The molecule has 8 nitrogen and oxygen atoms in total. The maximum absolute atomic E-state index is 13.0. The van der Waals surface area contributed by atoms with Gasteiger partial charge in [0.2, 0.25) is 0 Å². The average molecular weight is 499 g/mol. The van der Waals surface area contributed by atoms with Gasteiger partial charge in [0.05, 0.1) is 37.8 Å². The van der Waals surface area contributed by atoms with Crippen molar-refractivity contribution < 1.29 is 19.0 Å². The van der Waals surface area contributed by atoms with Crippen molar-refractivity contribution in [2.24, 2.45) is 0 Å². The number of aromatic nitrogens is 1. The van der Waals surface area contributed by atoms with E-state index in [1.807, 2.05) is 42.5 Å². The fourth-order valence-corrected chi connectivity index (χ4v) is 5.01. The Labute approximate surface area is 216 Å². The molecule has 2 aromatic carbocycles. The standard InChI is InChI=1S/C29H30N4O4/c1-19(17-30)18-31-27-23-16-21(7-6-20(23)8-9-26(27)35-2)24-4-3-5-25(33-24)28(34)32-22-10-12-29(13-11-22)36-14-15-37-29/h3-9,16,22,31H,1,10-15,18H2,2H3,(H,32,34). The number of nitriles is 1. The number of nitrogens with zero attached hydrogens (tertiary/aromatic N) is 2. The van der Waals surface area contributed by atoms with Crippen molar-refractivity contribution in [3.05, 3.63) is 66.4 Å². The molecular formula is C29H30N4O4. The van der Waals surface area contributed by atoms with E-state index in [1.54, 1.807) is 13.2 Å². The first-order valence-electron chi connectivity index (χ1n) is 12.5. The number of benzene rings is 2. The maximum Gasteiger partial charge on any atom is 0.270 e. The molecule has 2 N–H and O–H groups in total. The van der Waals surface area contributed by atoms with Gasteiger partial charge in [-0.1, -0.05) is 30.8 Å². The van der Waals surface area contributed by atoms with Gasteiger partial charge in [-0.05, 0) is 42.5 Å². The van der Waals surface area contributed by atoms with Crippen LogP contribution in [0, 0.1) is 11.3 Å². The molecule has 2 aliphatic rings. The molecule has 0 atom stereocenters. The van der Waals surface area contributed by atoms with Crippen molar-refractivity contribution in [1.29, 1.82) is 5.26 Å². The highest BCUT2D eigenvalue weighted by Crippen LogP contribution is 2.37. The summed E-state index contributed by atoms with van der Waals surface area (Å²) in [5, 5.41) is 17.4. The lowest BCUT2D eigenvalue weighted by Gasteiger charge is -2.35. The first-order chi connectivity index (χ1) is 18.0. The molecule has 2 heterocycles. The molecule has 1 aliphatic heterocycles. The lowest BCUT2D eigenvalue weighted by atomic mass is 9.90. The first-order valence-corrected chi connectivity index (χ1v) is 12.5. The van der Waals surface area contributed by atoms with Crippen molar-refractivity contribution in [2.45, 2.75) is 37.5 Å². The zero-order valence-corrected chi connectivity index (χ0v) is 20.9. The van der Waals surface area contributed by atoms with Gasteiger partial charge in [0.15, 0.2) is 5.79 Å². The zero-order chi connectivity index (χ0) is 25.8. The van der Waals surface area contributed by atoms with Crippen molar-refractivity contribution in [3.8, 4) is 23.1 Å². The first kappa shape index (κ1) is 24.8. The fourth-order valence-electron chi connectivity index (χ4n) is 5.01. The number of carbonyl (C=O) groups is 1. The third kappa shape index (κ3) is 5.29. The number of fused-ring (bicyclic) bond motifs is 1. The van der Waals surface area contributed by atoms with Crippen LogP contribution in [0.4, 0.5) is 5.69 Å². The smallest absolute Gasteiger partial charge is 0.270 e. The molecule has 5 rings (SSSR count). The monoisotopic (exact) mass is 498 g/mol. The van der Waals surface area contributed by atoms with Crippen LogP contribution in [0.1, 0.15) is 36.2 Å². The summed E-state index contributed by atoms with van der Waals surface area (Å²) in [5.41, 5.74) is 3.14. The van der Waals surface area contributed by atoms with Gasteiger partial charge in [0.1, 0.15) is 11.4 Å². The maximum atomic E-state index is 13.0. The molecule has 0 radical (unpaired) electrons. The highest BCUT2D eigenvalue weighted by molar-refractivity contribution is 5.99. The Kier molecular flexibility index (Phi) is 7.08. The van der Waals surface area contributed by atoms with Gasteiger partial charge >= 0.3 is 0 Å². The van der Waals surface area contributed by atoms with Crippen molar-refractivity contribution in [2.75, 3.05) is 32.2 Å². The van der Waals surface area contributed by atoms with Crippen LogP contribution in [0.25, 0.3) is 22.0 Å². The molecule has 1 saturated heterocycles. The molecule has 0 bridgehead atoms. The summed E-state index contributed by atoms with van der Waals surface area (Å²) in [6.07, 6.45) is 3.19. The number of carbonyl (C=O) groups excluding carboxylic acids is 1. The third-order valence-corrected chi connectivity index (χ3v) is 7.01. The van der Waals surface area contributed by atoms with Crippen LogP contribution in [-0.2, 0) is 9.47 Å². The summed E-state index contributed by atoms with van der Waals surface area (Å²) in [6.45, 7) is 5.34. The van der Waals surface area contributed by atoms with Crippen molar-refractivity contribution in [1.82, 2.24) is 10.3 Å². The van der Waals surface area contributed by atoms with E-state index in [2.05, 4.69) is 28.3 Å². The molecule has 2 fully saturated rings. The van der Waals surface area contributed by atoms with Gasteiger partial charge in [0, 0.05) is 42.0 Å². The van der Waals surface area contributed by atoms with E-state index < -0.39 is 5.79 Å². The predicted molar refractivity (Wildman–Crippen MR) is 141 cm³/mol. The van der Waals surface area contributed by atoms with E-state index in [-0.39, 0.29) is 11.9 Å². The number of nitrogens with one attached hydrogen (secondary N) is 2. The van der Waals surface area contributed by atoms with Gasteiger partial charge in [-0.2, -0.15) is 5.26 Å². The Balaban J connectivity index is 1.36. The second-order valence-corrected chi connectivity index (χ2v) is 9.41. The Morgan fingerprint density at radius 1 is 1.19 bits per heavy atom. The van der Waals surface area contributed by atoms with Gasteiger partial charge in [-0.15, -0.1) is 0 Å². The largest absolute Gasteiger partial charge is 0.495 e. The van der Waals surface area contributed by atoms with Crippen LogP contribution in [0.2, 0.25) is 0 Å². The molecule has 8 heteroatoms. The molecule has 37 heavy (non-hydrogen) atoms. The summed E-state index contributed by atoms with van der Waals surface area (Å²) in [7, 11) is 1.61. The Bertz CT molecular complexity index is 1360. The third-order valence-electron chi connectivity index (χ3n) is 7.01. The number of methoxy groups -OCH3 is 1. The number of amides is 1. The number of anilines is 1. The molecule has 1 saturated carbocycles. The fraction of sp³-hybridized carbons (Fsp3) is 0.345. The second-order valence-electron chi connectivity index (χ2n) is 9.41. The average Bonchev–Trinajstić information content (AvgIpc) is 3.40. The SMILES string of the molecule is C=C(C#N)CNc1c(OC)ccc2ccc(-c3cccc(C(=O)NC4CCC5(CC4)OCCO5)n3)cc12. The lowest BCUT2D eigenvalue weighted by Crippen LogP contribution is -2.44. The highest BCUT2D eigenvalue weighted by Gasteiger charge is 2.40. The predicted octanol–water partition coefficient (Wildman–Crippen LogP) is 4.82. The quantitative estimate of drug-likeness (QED) is 0.450. The van der Waals surface area contributed by atoms with E-state index >= 15 is 0 Å². The zero-order valence-electron chi connectivity index (χ0n) is 20.9. The van der Waals surface area contributed by atoms with Crippen LogP contribution in [0.15, 0.2) is 60.7 Å². The molecule has 1 amide bonds. The minimum absolute atomic E-state index is 0.0707. The van der Waals surface area contributed by atoms with Gasteiger partial charge in [0.25, 0.3) is 5.91 Å². The van der Waals surface area contributed by atoms with E-state index in [0.29, 0.717) is 42.5 Å². The Morgan fingerprint density at radius 3 is 2.68 bits per heavy atom. The Morgan fingerprint density at radius 2 is 1.95 bits per heavy atom. The highest BCUT2D eigenvalue weighted by atomic mass is 16.7. The van der Waals surface area contributed by atoms with Crippen molar-refractivity contribution >= 4 is 22.4 Å². The Hall–Kier alpha value is -3.93. The van der Waals surface area contributed by atoms with Crippen LogP contribution < -0.4 is 15.4 Å². The molecule has 1 aliphatic carbocycles. The van der Waals surface area contributed by atoms with Crippen LogP contribution in [-0.4, -0.2) is 49.6 Å². The van der Waals surface area contributed by atoms with Crippen LogP contribution >= 0.6 is 0 Å². The minimum Gasteiger partial charge on any atom is -0.495 e. The summed E-state index contributed by atoms with van der Waals surface area (Å²) in [6, 6.07) is 17.5. The molecule has 190 valence electrons. The number of ether oxygens (including phenoxy) is 3. The van der Waals surface area contributed by atoms with Gasteiger partial charge in [-0.25, -0.2) is 4.98 Å². The molecule has 3 aromatic rings. The summed E-state index contributed by atoms with van der Waals surface area (Å²) in [4.78, 5) is 17.7.